The lowest BCUT2D eigenvalue weighted by molar-refractivity contribution is -0.116. The van der Waals surface area contributed by atoms with Gasteiger partial charge in [-0.15, -0.1) is 0 Å². The summed E-state index contributed by atoms with van der Waals surface area (Å²) in [6.45, 7) is 1.60. The van der Waals surface area contributed by atoms with Crippen molar-refractivity contribution in [3.05, 3.63) is 95.1 Å². The molecule has 6 nitrogen and oxygen atoms in total. The van der Waals surface area contributed by atoms with Gasteiger partial charge in [0.1, 0.15) is 12.4 Å². The van der Waals surface area contributed by atoms with Crippen LogP contribution in [0.25, 0.3) is 0 Å². The van der Waals surface area contributed by atoms with Gasteiger partial charge < -0.3 is 14.8 Å². The van der Waals surface area contributed by atoms with Gasteiger partial charge in [-0.25, -0.2) is 4.79 Å². The zero-order valence-electron chi connectivity index (χ0n) is 17.0. The van der Waals surface area contributed by atoms with Crippen LogP contribution in [0, 0.1) is 0 Å². The molecule has 1 atom stereocenters. The predicted molar refractivity (Wildman–Crippen MR) is 115 cm³/mol. The number of ketones is 1. The third kappa shape index (κ3) is 4.48. The van der Waals surface area contributed by atoms with Crippen molar-refractivity contribution in [1.82, 2.24) is 0 Å². The summed E-state index contributed by atoms with van der Waals surface area (Å²) >= 11 is 0. The van der Waals surface area contributed by atoms with Crippen LogP contribution in [0.3, 0.4) is 0 Å². The van der Waals surface area contributed by atoms with E-state index >= 15 is 0 Å². The number of anilines is 1. The smallest absolute Gasteiger partial charge is 0.338 e. The Labute approximate surface area is 179 Å². The second-order valence-electron chi connectivity index (χ2n) is 7.27. The van der Waals surface area contributed by atoms with E-state index in [1.807, 2.05) is 36.4 Å². The second-order valence-corrected chi connectivity index (χ2v) is 7.27. The molecule has 0 bridgehead atoms. The largest absolute Gasteiger partial charge is 0.489 e. The van der Waals surface area contributed by atoms with Crippen LogP contribution in [-0.2, 0) is 16.1 Å². The molecule has 156 valence electrons. The standard InChI is InChI=1S/C25H21NO5/c1-16-21-13-17(11-12-22(21)26-24(16)28)23(27)15-31-25(29)20-10-6-5-7-18(20)14-30-19-8-3-2-4-9-19/h2-13,16H,14-15H2,1H3,(H,26,28)/t16-/m0/s1. The number of benzene rings is 3. The number of nitrogens with one attached hydrogen (secondary N) is 1. The molecule has 3 aromatic rings. The number of para-hydroxylation sites is 1. The quantitative estimate of drug-likeness (QED) is 0.458. The predicted octanol–water partition coefficient (Wildman–Crippen LogP) is 4.36. The Hall–Kier alpha value is -3.93. The zero-order valence-corrected chi connectivity index (χ0v) is 17.0. The highest BCUT2D eigenvalue weighted by molar-refractivity contribution is 6.05. The van der Waals surface area contributed by atoms with Crippen LogP contribution in [0.15, 0.2) is 72.8 Å². The minimum Gasteiger partial charge on any atom is -0.489 e. The Morgan fingerprint density at radius 2 is 1.71 bits per heavy atom. The van der Waals surface area contributed by atoms with E-state index in [-0.39, 0.29) is 30.8 Å². The van der Waals surface area contributed by atoms with E-state index in [4.69, 9.17) is 9.47 Å². The molecule has 0 unspecified atom stereocenters. The van der Waals surface area contributed by atoms with Gasteiger partial charge in [0.05, 0.1) is 11.5 Å². The number of hydrogen-bond acceptors (Lipinski definition) is 5. The number of fused-ring (bicyclic) bond motifs is 1. The third-order valence-electron chi connectivity index (χ3n) is 5.20. The molecular weight excluding hydrogens is 394 g/mol. The van der Waals surface area contributed by atoms with Crippen molar-refractivity contribution in [2.45, 2.75) is 19.4 Å². The summed E-state index contributed by atoms with van der Waals surface area (Å²) in [4.78, 5) is 37.0. The van der Waals surface area contributed by atoms with E-state index < -0.39 is 5.97 Å². The second kappa shape index (κ2) is 8.83. The minimum atomic E-state index is -0.591. The number of hydrogen-bond donors (Lipinski definition) is 1. The monoisotopic (exact) mass is 415 g/mol. The van der Waals surface area contributed by atoms with Gasteiger partial charge in [-0.1, -0.05) is 36.4 Å². The van der Waals surface area contributed by atoms with Gasteiger partial charge in [-0.2, -0.15) is 0 Å². The molecule has 0 aliphatic carbocycles. The first-order chi connectivity index (χ1) is 15.0. The molecule has 1 amide bonds. The van der Waals surface area contributed by atoms with Crippen molar-refractivity contribution in [2.75, 3.05) is 11.9 Å². The molecule has 31 heavy (non-hydrogen) atoms. The molecule has 0 radical (unpaired) electrons. The van der Waals surface area contributed by atoms with Crippen LogP contribution >= 0.6 is 0 Å². The molecule has 0 saturated heterocycles. The lowest BCUT2D eigenvalue weighted by Crippen LogP contribution is -2.16. The van der Waals surface area contributed by atoms with Gasteiger partial charge >= 0.3 is 5.97 Å². The van der Waals surface area contributed by atoms with Crippen LogP contribution in [0.5, 0.6) is 5.75 Å². The number of carbonyl (C=O) groups is 3. The van der Waals surface area contributed by atoms with Crippen molar-refractivity contribution in [3.63, 3.8) is 0 Å². The molecule has 6 heteroatoms. The van der Waals surface area contributed by atoms with Gasteiger partial charge in [0.2, 0.25) is 5.91 Å². The molecule has 0 saturated carbocycles. The molecule has 1 aliphatic rings. The minimum absolute atomic E-state index is 0.0969. The molecule has 1 N–H and O–H groups in total. The van der Waals surface area contributed by atoms with E-state index in [1.165, 1.54) is 0 Å². The first kappa shape index (κ1) is 20.3. The maximum Gasteiger partial charge on any atom is 0.338 e. The first-order valence-corrected chi connectivity index (χ1v) is 9.94. The van der Waals surface area contributed by atoms with Gasteiger partial charge in [-0.05, 0) is 48.9 Å². The Morgan fingerprint density at radius 1 is 0.968 bits per heavy atom. The highest BCUT2D eigenvalue weighted by Gasteiger charge is 2.27. The summed E-state index contributed by atoms with van der Waals surface area (Å²) in [7, 11) is 0. The van der Waals surface area contributed by atoms with Crippen LogP contribution in [0.2, 0.25) is 0 Å². The van der Waals surface area contributed by atoms with E-state index in [0.717, 1.165) is 5.56 Å². The summed E-state index contributed by atoms with van der Waals surface area (Å²) in [6, 6.07) is 21.3. The lowest BCUT2D eigenvalue weighted by Gasteiger charge is -2.11. The van der Waals surface area contributed by atoms with E-state index in [0.29, 0.717) is 28.1 Å². The topological polar surface area (TPSA) is 81.7 Å². The highest BCUT2D eigenvalue weighted by atomic mass is 16.5. The third-order valence-corrected chi connectivity index (χ3v) is 5.20. The lowest BCUT2D eigenvalue weighted by atomic mass is 9.99. The van der Waals surface area contributed by atoms with Crippen LogP contribution in [-0.4, -0.2) is 24.3 Å². The normalized spacial score (nSPS) is 14.5. The van der Waals surface area contributed by atoms with E-state index in [9.17, 15) is 14.4 Å². The Kier molecular flexibility index (Phi) is 5.80. The van der Waals surface area contributed by atoms with Crippen LogP contribution in [0.1, 0.15) is 44.7 Å². The molecule has 0 spiro atoms. The fraction of sp³-hybridized carbons (Fsp3) is 0.160. The van der Waals surface area contributed by atoms with Crippen LogP contribution in [0.4, 0.5) is 5.69 Å². The van der Waals surface area contributed by atoms with Gasteiger partial charge in [0, 0.05) is 16.8 Å². The summed E-state index contributed by atoms with van der Waals surface area (Å²) in [6.07, 6.45) is 0. The van der Waals surface area contributed by atoms with E-state index in [2.05, 4.69) is 5.32 Å². The van der Waals surface area contributed by atoms with Crippen molar-refractivity contribution in [3.8, 4) is 5.75 Å². The Bertz CT molecular complexity index is 1140. The van der Waals surface area contributed by atoms with Gasteiger partial charge in [0.15, 0.2) is 12.4 Å². The van der Waals surface area contributed by atoms with Gasteiger partial charge in [-0.3, -0.25) is 9.59 Å². The summed E-state index contributed by atoms with van der Waals surface area (Å²) in [5.41, 5.74) is 2.89. The fourth-order valence-electron chi connectivity index (χ4n) is 3.41. The first-order valence-electron chi connectivity index (χ1n) is 9.94. The SMILES string of the molecule is C[C@@H]1C(=O)Nc2ccc(C(=O)COC(=O)c3ccccc3COc3ccccc3)cc21. The molecule has 1 heterocycles. The summed E-state index contributed by atoms with van der Waals surface area (Å²) in [5, 5.41) is 2.77. The number of rotatable bonds is 7. The van der Waals surface area contributed by atoms with Gasteiger partial charge in [0.25, 0.3) is 0 Å². The number of Topliss-reactive ketones (excluding diaryl/α,β-unsaturated/α-hetero) is 1. The molecular formula is C25H21NO5. The average Bonchev–Trinajstić information content (AvgIpc) is 3.09. The highest BCUT2D eigenvalue weighted by Crippen LogP contribution is 2.32. The summed E-state index contributed by atoms with van der Waals surface area (Å²) < 4.78 is 11.0. The number of amides is 1. The number of carbonyl (C=O) groups excluding carboxylic acids is 3. The zero-order chi connectivity index (χ0) is 21.8. The fourth-order valence-corrected chi connectivity index (χ4v) is 3.41. The van der Waals surface area contributed by atoms with Crippen molar-refractivity contribution < 1.29 is 23.9 Å². The van der Waals surface area contributed by atoms with Crippen LogP contribution < -0.4 is 10.1 Å². The van der Waals surface area contributed by atoms with E-state index in [1.54, 1.807) is 43.3 Å². The number of esters is 1. The molecule has 1 aliphatic heterocycles. The average molecular weight is 415 g/mol. The maximum absolute atomic E-state index is 12.6. The summed E-state index contributed by atoms with van der Waals surface area (Å²) in [5.74, 6) is -0.644. The molecule has 0 aromatic heterocycles. The van der Waals surface area contributed by atoms with Crippen molar-refractivity contribution in [1.29, 1.82) is 0 Å². The maximum atomic E-state index is 12.6. The van der Waals surface area contributed by atoms with Crippen molar-refractivity contribution in [2.24, 2.45) is 0 Å². The molecule has 4 rings (SSSR count). The Balaban J connectivity index is 1.40. The van der Waals surface area contributed by atoms with Crippen molar-refractivity contribution >= 4 is 23.3 Å². The number of ether oxygens (including phenoxy) is 2. The molecule has 0 fully saturated rings. The molecule has 3 aromatic carbocycles. The Morgan fingerprint density at radius 3 is 2.52 bits per heavy atom.